The molecule has 1 fully saturated rings. The van der Waals surface area contributed by atoms with E-state index in [1.165, 1.54) is 18.4 Å². The SMILES string of the molecule is C=C(CCN)C1CC2C=CC1C2. The molecule has 2 aliphatic carbocycles. The Labute approximate surface area is 74.3 Å². The highest BCUT2D eigenvalue weighted by Crippen LogP contribution is 2.46. The van der Waals surface area contributed by atoms with Gasteiger partial charge in [0.1, 0.15) is 0 Å². The fourth-order valence-corrected chi connectivity index (χ4v) is 2.62. The second-order valence-corrected chi connectivity index (χ2v) is 4.08. The van der Waals surface area contributed by atoms with Crippen LogP contribution in [0.2, 0.25) is 0 Å². The van der Waals surface area contributed by atoms with Crippen molar-refractivity contribution in [1.82, 2.24) is 0 Å². The molecule has 3 atom stereocenters. The van der Waals surface area contributed by atoms with Crippen LogP contribution in [-0.2, 0) is 0 Å². The summed E-state index contributed by atoms with van der Waals surface area (Å²) in [6.07, 6.45) is 8.47. The van der Waals surface area contributed by atoms with E-state index in [0.717, 1.165) is 30.7 Å². The maximum atomic E-state index is 5.52. The zero-order chi connectivity index (χ0) is 8.55. The third kappa shape index (κ3) is 1.22. The Hall–Kier alpha value is -0.560. The van der Waals surface area contributed by atoms with E-state index in [0.29, 0.717) is 0 Å². The second kappa shape index (κ2) is 3.06. The Kier molecular flexibility index (Phi) is 2.05. The lowest BCUT2D eigenvalue weighted by molar-refractivity contribution is 0.505. The van der Waals surface area contributed by atoms with Gasteiger partial charge in [-0.2, -0.15) is 0 Å². The van der Waals surface area contributed by atoms with E-state index in [9.17, 15) is 0 Å². The van der Waals surface area contributed by atoms with E-state index in [-0.39, 0.29) is 0 Å². The molecule has 0 aromatic rings. The zero-order valence-electron chi connectivity index (χ0n) is 7.50. The van der Waals surface area contributed by atoms with Crippen LogP contribution in [-0.4, -0.2) is 6.54 Å². The maximum Gasteiger partial charge on any atom is -0.00399 e. The number of nitrogens with two attached hydrogens (primary N) is 1. The third-order valence-electron chi connectivity index (χ3n) is 3.27. The fraction of sp³-hybridized carbons (Fsp3) is 0.636. The maximum absolute atomic E-state index is 5.52. The third-order valence-corrected chi connectivity index (χ3v) is 3.27. The first-order valence-electron chi connectivity index (χ1n) is 4.87. The van der Waals surface area contributed by atoms with Crippen molar-refractivity contribution in [3.8, 4) is 0 Å². The number of fused-ring (bicyclic) bond motifs is 2. The van der Waals surface area contributed by atoms with E-state index < -0.39 is 0 Å². The van der Waals surface area contributed by atoms with Crippen molar-refractivity contribution in [2.75, 3.05) is 6.54 Å². The quantitative estimate of drug-likeness (QED) is 0.633. The summed E-state index contributed by atoms with van der Waals surface area (Å²) in [7, 11) is 0. The van der Waals surface area contributed by atoms with Gasteiger partial charge >= 0.3 is 0 Å². The Morgan fingerprint density at radius 2 is 2.25 bits per heavy atom. The van der Waals surface area contributed by atoms with Gasteiger partial charge in [0.25, 0.3) is 0 Å². The lowest BCUT2D eigenvalue weighted by Crippen LogP contribution is -2.12. The van der Waals surface area contributed by atoms with Crippen LogP contribution in [0.1, 0.15) is 19.3 Å². The van der Waals surface area contributed by atoms with Gasteiger partial charge in [-0.05, 0) is 43.6 Å². The van der Waals surface area contributed by atoms with E-state index in [1.807, 2.05) is 0 Å². The molecule has 2 rings (SSSR count). The van der Waals surface area contributed by atoms with Crippen LogP contribution in [0.4, 0.5) is 0 Å². The normalized spacial score (nSPS) is 37.6. The van der Waals surface area contributed by atoms with Gasteiger partial charge in [0.2, 0.25) is 0 Å². The minimum Gasteiger partial charge on any atom is -0.330 e. The summed E-state index contributed by atoms with van der Waals surface area (Å²) in [5.41, 5.74) is 6.90. The van der Waals surface area contributed by atoms with Crippen molar-refractivity contribution in [2.24, 2.45) is 23.5 Å². The average Bonchev–Trinajstić information content (AvgIpc) is 2.64. The Morgan fingerprint density at radius 1 is 1.42 bits per heavy atom. The molecule has 0 radical (unpaired) electrons. The summed E-state index contributed by atoms with van der Waals surface area (Å²) >= 11 is 0. The number of rotatable bonds is 3. The fourth-order valence-electron chi connectivity index (χ4n) is 2.62. The van der Waals surface area contributed by atoms with Gasteiger partial charge in [0.15, 0.2) is 0 Å². The van der Waals surface area contributed by atoms with E-state index in [1.54, 1.807) is 0 Å². The molecule has 0 heterocycles. The van der Waals surface area contributed by atoms with Crippen LogP contribution in [0.5, 0.6) is 0 Å². The number of hydrogen-bond acceptors (Lipinski definition) is 1. The number of allylic oxidation sites excluding steroid dienone is 2. The highest BCUT2D eigenvalue weighted by Gasteiger charge is 2.36. The van der Waals surface area contributed by atoms with E-state index >= 15 is 0 Å². The first-order chi connectivity index (χ1) is 5.81. The van der Waals surface area contributed by atoms with Gasteiger partial charge in [0, 0.05) is 0 Å². The molecular weight excluding hydrogens is 146 g/mol. The zero-order valence-corrected chi connectivity index (χ0v) is 7.50. The predicted octanol–water partition coefficient (Wildman–Crippen LogP) is 2.10. The molecule has 0 aromatic carbocycles. The van der Waals surface area contributed by atoms with Gasteiger partial charge < -0.3 is 5.73 Å². The predicted molar refractivity (Wildman–Crippen MR) is 51.7 cm³/mol. The van der Waals surface area contributed by atoms with Crippen LogP contribution in [0.25, 0.3) is 0 Å². The Balaban J connectivity index is 1.98. The van der Waals surface area contributed by atoms with Gasteiger partial charge in [0.05, 0.1) is 0 Å². The van der Waals surface area contributed by atoms with Gasteiger partial charge in [-0.1, -0.05) is 24.3 Å². The molecule has 0 aliphatic heterocycles. The Bertz CT molecular complexity index is 217. The highest BCUT2D eigenvalue weighted by molar-refractivity contribution is 5.18. The molecule has 0 aromatic heterocycles. The first-order valence-corrected chi connectivity index (χ1v) is 4.87. The van der Waals surface area contributed by atoms with Crippen molar-refractivity contribution in [3.63, 3.8) is 0 Å². The molecule has 0 amide bonds. The number of hydrogen-bond donors (Lipinski definition) is 1. The molecule has 66 valence electrons. The minimum absolute atomic E-state index is 0.753. The summed E-state index contributed by atoms with van der Waals surface area (Å²) in [4.78, 5) is 0. The molecule has 2 bridgehead atoms. The Morgan fingerprint density at radius 3 is 2.75 bits per heavy atom. The van der Waals surface area contributed by atoms with Crippen LogP contribution in [0, 0.1) is 17.8 Å². The summed E-state index contributed by atoms with van der Waals surface area (Å²) in [6, 6.07) is 0. The molecule has 0 saturated heterocycles. The van der Waals surface area contributed by atoms with Crippen LogP contribution < -0.4 is 5.73 Å². The lowest BCUT2D eigenvalue weighted by Gasteiger charge is -2.20. The first kappa shape index (κ1) is 8.06. The van der Waals surface area contributed by atoms with Crippen LogP contribution in [0.3, 0.4) is 0 Å². The average molecular weight is 163 g/mol. The summed E-state index contributed by atoms with van der Waals surface area (Å²) in [5, 5.41) is 0. The molecule has 0 spiro atoms. The molecule has 1 saturated carbocycles. The highest BCUT2D eigenvalue weighted by atomic mass is 14.5. The van der Waals surface area contributed by atoms with Gasteiger partial charge in [-0.25, -0.2) is 0 Å². The largest absolute Gasteiger partial charge is 0.330 e. The van der Waals surface area contributed by atoms with Gasteiger partial charge in [-0.3, -0.25) is 0 Å². The molecule has 2 N–H and O–H groups in total. The summed E-state index contributed by atoms with van der Waals surface area (Å²) < 4.78 is 0. The van der Waals surface area contributed by atoms with E-state index in [4.69, 9.17) is 5.73 Å². The monoisotopic (exact) mass is 163 g/mol. The van der Waals surface area contributed by atoms with Crippen LogP contribution in [0.15, 0.2) is 24.3 Å². The second-order valence-electron chi connectivity index (χ2n) is 4.08. The standard InChI is InChI=1S/C11H17N/c1-8(4-5-12)11-7-9-2-3-10(11)6-9/h2-3,9-11H,1,4-7,12H2. The smallest absolute Gasteiger partial charge is 0.00399 e. The van der Waals surface area contributed by atoms with Crippen LogP contribution >= 0.6 is 0 Å². The summed E-state index contributed by atoms with van der Waals surface area (Å²) in [5.74, 6) is 2.41. The summed E-state index contributed by atoms with van der Waals surface area (Å²) in [6.45, 7) is 4.89. The molecule has 12 heavy (non-hydrogen) atoms. The molecule has 3 unspecified atom stereocenters. The van der Waals surface area contributed by atoms with Crippen molar-refractivity contribution in [3.05, 3.63) is 24.3 Å². The van der Waals surface area contributed by atoms with Gasteiger partial charge in [-0.15, -0.1) is 0 Å². The van der Waals surface area contributed by atoms with E-state index in [2.05, 4.69) is 18.7 Å². The van der Waals surface area contributed by atoms with Crippen molar-refractivity contribution >= 4 is 0 Å². The minimum atomic E-state index is 0.753. The van der Waals surface area contributed by atoms with Crippen molar-refractivity contribution in [1.29, 1.82) is 0 Å². The molecule has 2 aliphatic rings. The molecule has 1 nitrogen and oxygen atoms in total. The molecular formula is C11H17N. The molecule has 1 heteroatoms. The lowest BCUT2D eigenvalue weighted by atomic mass is 9.86. The topological polar surface area (TPSA) is 26.0 Å². The van der Waals surface area contributed by atoms with Crippen molar-refractivity contribution < 1.29 is 0 Å². The van der Waals surface area contributed by atoms with Crippen molar-refractivity contribution in [2.45, 2.75) is 19.3 Å².